The van der Waals surface area contributed by atoms with Crippen LogP contribution in [0.15, 0.2) is 54.6 Å². The zero-order chi connectivity index (χ0) is 24.1. The van der Waals surface area contributed by atoms with Crippen molar-refractivity contribution in [3.63, 3.8) is 0 Å². The zero-order valence-corrected chi connectivity index (χ0v) is 18.3. The molecule has 178 valence electrons. The standard InChI is InChI=1S/C25H24F3N3O3/c26-25(27,28)21(18-10-11-18)30(14-16-6-2-1-3-7-16)20(32)15-31-22(33)24(29-23(31)34)13-12-17-8-4-5-9-19(17)24/h1-9,18,21H,10-15H2,(H,29,34)/t21-,24-/m0/s1. The third-order valence-electron chi connectivity index (χ3n) is 6.97. The molecule has 2 fully saturated rings. The Balaban J connectivity index is 1.42. The Hall–Kier alpha value is -3.36. The SMILES string of the molecule is O=C1N[C@]2(CCc3ccccc32)C(=O)N1CC(=O)N(Cc1ccccc1)[C@@H](C1CC1)C(F)(F)F. The van der Waals surface area contributed by atoms with Crippen LogP contribution in [0.2, 0.25) is 0 Å². The van der Waals surface area contributed by atoms with Crippen LogP contribution in [0.1, 0.15) is 36.0 Å². The van der Waals surface area contributed by atoms with E-state index in [0.29, 0.717) is 36.8 Å². The fraction of sp³-hybridized carbons (Fsp3) is 0.400. The highest BCUT2D eigenvalue weighted by Gasteiger charge is 2.57. The lowest BCUT2D eigenvalue weighted by atomic mass is 9.92. The fourth-order valence-electron chi connectivity index (χ4n) is 5.19. The second-order valence-corrected chi connectivity index (χ2v) is 9.22. The van der Waals surface area contributed by atoms with Crippen LogP contribution in [0, 0.1) is 5.92 Å². The molecular weight excluding hydrogens is 447 g/mol. The number of nitrogens with zero attached hydrogens (tertiary/aromatic N) is 2. The number of fused-ring (bicyclic) bond motifs is 2. The molecule has 0 unspecified atom stereocenters. The van der Waals surface area contributed by atoms with Gasteiger partial charge in [-0.25, -0.2) is 4.79 Å². The average Bonchev–Trinajstić information content (AvgIpc) is 3.52. The van der Waals surface area contributed by atoms with Crippen molar-refractivity contribution in [2.45, 2.75) is 50.0 Å². The lowest BCUT2D eigenvalue weighted by Crippen LogP contribution is -2.53. The number of aryl methyl sites for hydroxylation is 1. The Morgan fingerprint density at radius 3 is 2.44 bits per heavy atom. The van der Waals surface area contributed by atoms with Gasteiger partial charge < -0.3 is 10.2 Å². The molecule has 6 nitrogen and oxygen atoms in total. The zero-order valence-electron chi connectivity index (χ0n) is 18.3. The maximum absolute atomic E-state index is 14.0. The molecule has 4 amide bonds. The van der Waals surface area contributed by atoms with Gasteiger partial charge in [0.15, 0.2) is 0 Å². The first-order chi connectivity index (χ1) is 16.2. The maximum atomic E-state index is 14.0. The third kappa shape index (κ3) is 3.82. The number of alkyl halides is 3. The summed E-state index contributed by atoms with van der Waals surface area (Å²) in [6.07, 6.45) is -2.92. The van der Waals surface area contributed by atoms with Gasteiger partial charge in [-0.05, 0) is 48.3 Å². The predicted octanol–water partition coefficient (Wildman–Crippen LogP) is 3.75. The van der Waals surface area contributed by atoms with E-state index in [2.05, 4.69) is 5.32 Å². The number of carbonyl (C=O) groups excluding carboxylic acids is 3. The predicted molar refractivity (Wildman–Crippen MR) is 116 cm³/mol. The Morgan fingerprint density at radius 1 is 1.09 bits per heavy atom. The van der Waals surface area contributed by atoms with E-state index < -0.39 is 48.1 Å². The summed E-state index contributed by atoms with van der Waals surface area (Å²) in [4.78, 5) is 41.0. The molecule has 2 aromatic carbocycles. The van der Waals surface area contributed by atoms with Gasteiger partial charge in [-0.2, -0.15) is 13.2 Å². The van der Waals surface area contributed by atoms with Gasteiger partial charge in [-0.1, -0.05) is 54.6 Å². The van der Waals surface area contributed by atoms with E-state index in [0.717, 1.165) is 15.4 Å². The molecule has 2 aliphatic carbocycles. The first kappa shape index (κ1) is 22.4. The highest BCUT2D eigenvalue weighted by Crippen LogP contribution is 2.44. The number of carbonyl (C=O) groups is 3. The van der Waals surface area contributed by atoms with E-state index in [4.69, 9.17) is 0 Å². The van der Waals surface area contributed by atoms with E-state index >= 15 is 0 Å². The summed E-state index contributed by atoms with van der Waals surface area (Å²) < 4.78 is 42.1. The van der Waals surface area contributed by atoms with Crippen molar-refractivity contribution < 1.29 is 27.6 Å². The topological polar surface area (TPSA) is 69.7 Å². The van der Waals surface area contributed by atoms with Gasteiger partial charge in [0.2, 0.25) is 5.91 Å². The van der Waals surface area contributed by atoms with E-state index in [1.807, 2.05) is 12.1 Å². The average molecular weight is 471 g/mol. The molecule has 1 saturated heterocycles. The molecular formula is C25H24F3N3O3. The Kier molecular flexibility index (Phi) is 5.37. The van der Waals surface area contributed by atoms with Gasteiger partial charge in [0.1, 0.15) is 18.1 Å². The summed E-state index contributed by atoms with van der Waals surface area (Å²) in [5.41, 5.74) is 0.888. The monoisotopic (exact) mass is 471 g/mol. The molecule has 0 aromatic heterocycles. The summed E-state index contributed by atoms with van der Waals surface area (Å²) >= 11 is 0. The van der Waals surface area contributed by atoms with E-state index in [-0.39, 0.29) is 6.54 Å². The Bertz CT molecular complexity index is 1130. The van der Waals surface area contributed by atoms with Crippen molar-refractivity contribution >= 4 is 17.8 Å². The first-order valence-corrected chi connectivity index (χ1v) is 11.3. The number of halogens is 3. The highest BCUT2D eigenvalue weighted by atomic mass is 19.4. The number of hydrogen-bond acceptors (Lipinski definition) is 3. The highest BCUT2D eigenvalue weighted by molar-refractivity contribution is 6.10. The number of rotatable bonds is 6. The molecule has 5 rings (SSSR count). The molecule has 1 spiro atoms. The van der Waals surface area contributed by atoms with Crippen molar-refractivity contribution in [1.29, 1.82) is 0 Å². The summed E-state index contributed by atoms with van der Waals surface area (Å²) in [6, 6.07) is 13.0. The summed E-state index contributed by atoms with van der Waals surface area (Å²) in [6.45, 7) is -0.987. The van der Waals surface area contributed by atoms with Gasteiger partial charge in [0.25, 0.3) is 5.91 Å². The van der Waals surface area contributed by atoms with E-state index in [9.17, 15) is 27.6 Å². The van der Waals surface area contributed by atoms with Crippen molar-refractivity contribution in [3.8, 4) is 0 Å². The van der Waals surface area contributed by atoms with E-state index in [1.54, 1.807) is 42.5 Å². The number of urea groups is 1. The number of benzene rings is 2. The van der Waals surface area contributed by atoms with E-state index in [1.165, 1.54) is 0 Å². The molecule has 3 aliphatic rings. The molecule has 9 heteroatoms. The van der Waals surface area contributed by atoms with Crippen LogP contribution in [-0.2, 0) is 28.1 Å². The quantitative estimate of drug-likeness (QED) is 0.653. The van der Waals surface area contributed by atoms with Crippen LogP contribution >= 0.6 is 0 Å². The van der Waals surface area contributed by atoms with Crippen LogP contribution < -0.4 is 5.32 Å². The summed E-state index contributed by atoms with van der Waals surface area (Å²) in [5, 5.41) is 2.72. The smallest absolute Gasteiger partial charge is 0.324 e. The third-order valence-corrected chi connectivity index (χ3v) is 6.97. The first-order valence-electron chi connectivity index (χ1n) is 11.3. The van der Waals surface area contributed by atoms with Gasteiger partial charge in [0, 0.05) is 6.54 Å². The van der Waals surface area contributed by atoms with Crippen molar-refractivity contribution in [2.75, 3.05) is 6.54 Å². The number of hydrogen-bond donors (Lipinski definition) is 1. The molecule has 0 bridgehead atoms. The van der Waals surface area contributed by atoms with Crippen molar-refractivity contribution in [2.24, 2.45) is 5.92 Å². The minimum Gasteiger partial charge on any atom is -0.324 e. The molecule has 34 heavy (non-hydrogen) atoms. The number of nitrogens with one attached hydrogen (secondary N) is 1. The summed E-state index contributed by atoms with van der Waals surface area (Å²) in [7, 11) is 0. The van der Waals surface area contributed by atoms with Crippen molar-refractivity contribution in [3.05, 3.63) is 71.3 Å². The molecule has 1 aliphatic heterocycles. The molecule has 2 atom stereocenters. The van der Waals surface area contributed by atoms with Crippen molar-refractivity contribution in [1.82, 2.24) is 15.1 Å². The Labute approximate surface area is 194 Å². The van der Waals surface area contributed by atoms with Gasteiger partial charge in [-0.3, -0.25) is 14.5 Å². The van der Waals surface area contributed by atoms with Gasteiger partial charge in [0.05, 0.1) is 0 Å². The van der Waals surface area contributed by atoms with Crippen LogP contribution in [0.25, 0.3) is 0 Å². The van der Waals surface area contributed by atoms with Crippen LogP contribution in [0.4, 0.5) is 18.0 Å². The number of imide groups is 1. The molecule has 1 heterocycles. The lowest BCUT2D eigenvalue weighted by molar-refractivity contribution is -0.196. The largest absolute Gasteiger partial charge is 0.409 e. The minimum absolute atomic E-state index is 0.252. The minimum atomic E-state index is -4.62. The Morgan fingerprint density at radius 2 is 1.76 bits per heavy atom. The molecule has 1 N–H and O–H groups in total. The summed E-state index contributed by atoms with van der Waals surface area (Å²) in [5.74, 6) is -2.17. The van der Waals surface area contributed by atoms with Crippen LogP contribution in [0.5, 0.6) is 0 Å². The van der Waals surface area contributed by atoms with Gasteiger partial charge in [-0.15, -0.1) is 0 Å². The van der Waals surface area contributed by atoms with Gasteiger partial charge >= 0.3 is 12.2 Å². The molecule has 2 aromatic rings. The lowest BCUT2D eigenvalue weighted by Gasteiger charge is -2.34. The maximum Gasteiger partial charge on any atom is 0.409 e. The second kappa shape index (κ2) is 8.14. The number of amides is 4. The van der Waals surface area contributed by atoms with Crippen LogP contribution in [0.3, 0.4) is 0 Å². The normalized spacial score (nSPS) is 22.6. The van der Waals surface area contributed by atoms with Crippen LogP contribution in [-0.4, -0.2) is 46.4 Å². The molecule has 1 saturated carbocycles. The molecule has 0 radical (unpaired) electrons. The second-order valence-electron chi connectivity index (χ2n) is 9.22. The fourth-order valence-corrected chi connectivity index (χ4v) is 5.19.